The molecule has 0 saturated carbocycles. The minimum absolute atomic E-state index is 0.0137. The van der Waals surface area contributed by atoms with E-state index in [4.69, 9.17) is 0 Å². The molecule has 0 atom stereocenters. The molecule has 6 nitrogen and oxygen atoms in total. The van der Waals surface area contributed by atoms with Crippen LogP contribution in [-0.2, 0) is 13.0 Å². The fourth-order valence-corrected chi connectivity index (χ4v) is 3.03. The molecule has 1 N–H and O–H groups in total. The molecule has 0 saturated heterocycles. The zero-order chi connectivity index (χ0) is 14.8. The topological polar surface area (TPSA) is 72.5 Å². The molecule has 3 rings (SSSR count). The fourth-order valence-electron chi connectivity index (χ4n) is 2.32. The average Bonchev–Trinajstić information content (AvgIpc) is 3.05. The predicted molar refractivity (Wildman–Crippen MR) is 82.9 cm³/mol. The van der Waals surface area contributed by atoms with Gasteiger partial charge in [-0.2, -0.15) is 9.38 Å². The number of thiazole rings is 1. The average molecular weight is 302 g/mol. The second-order valence-corrected chi connectivity index (χ2v) is 5.45. The third-order valence-electron chi connectivity index (χ3n) is 3.36. The highest BCUT2D eigenvalue weighted by Gasteiger charge is 2.23. The largest absolute Gasteiger partial charge is 0.372 e. The van der Waals surface area contributed by atoms with Gasteiger partial charge in [-0.25, -0.2) is 0 Å². The summed E-state index contributed by atoms with van der Waals surface area (Å²) >= 11 is 1.38. The molecular formula is C14H14N4O2S. The number of aromatic nitrogens is 2. The van der Waals surface area contributed by atoms with Gasteiger partial charge in [0.1, 0.15) is 6.20 Å². The Hall–Kier alpha value is -2.41. The SMILES string of the molecule is CCc1ccccc1CNc1nc2sccn2c1[N+](=O)[O-]. The number of nitrogens with zero attached hydrogens (tertiary/aromatic N) is 3. The van der Waals surface area contributed by atoms with E-state index in [0.717, 1.165) is 12.0 Å². The summed E-state index contributed by atoms with van der Waals surface area (Å²) in [4.78, 5) is 15.7. The van der Waals surface area contributed by atoms with E-state index in [9.17, 15) is 10.1 Å². The van der Waals surface area contributed by atoms with Crippen molar-refractivity contribution in [3.05, 3.63) is 57.1 Å². The molecule has 0 aliphatic heterocycles. The number of nitro groups is 1. The number of anilines is 1. The predicted octanol–water partition coefficient (Wildman–Crippen LogP) is 3.48. The lowest BCUT2D eigenvalue weighted by molar-refractivity contribution is -0.389. The quantitative estimate of drug-likeness (QED) is 0.578. The highest BCUT2D eigenvalue weighted by molar-refractivity contribution is 7.15. The number of hydrogen-bond donors (Lipinski definition) is 1. The van der Waals surface area contributed by atoms with Gasteiger partial charge in [0.2, 0.25) is 5.82 Å². The van der Waals surface area contributed by atoms with Crippen LogP contribution in [0.1, 0.15) is 18.1 Å². The maximum atomic E-state index is 11.2. The summed E-state index contributed by atoms with van der Waals surface area (Å²) in [5, 5.41) is 16.1. The number of imidazole rings is 1. The van der Waals surface area contributed by atoms with Crippen molar-refractivity contribution >= 4 is 27.9 Å². The zero-order valence-electron chi connectivity index (χ0n) is 11.4. The molecule has 0 bridgehead atoms. The van der Waals surface area contributed by atoms with E-state index < -0.39 is 4.92 Å². The van der Waals surface area contributed by atoms with Crippen molar-refractivity contribution in [2.45, 2.75) is 19.9 Å². The molecule has 0 amide bonds. The van der Waals surface area contributed by atoms with Crippen LogP contribution in [0.25, 0.3) is 4.96 Å². The van der Waals surface area contributed by atoms with Crippen LogP contribution in [0.3, 0.4) is 0 Å². The van der Waals surface area contributed by atoms with Crippen LogP contribution in [0.5, 0.6) is 0 Å². The number of fused-ring (bicyclic) bond motifs is 1. The summed E-state index contributed by atoms with van der Waals surface area (Å²) in [6, 6.07) is 8.06. The lowest BCUT2D eigenvalue weighted by atomic mass is 10.1. The first-order valence-corrected chi connectivity index (χ1v) is 7.49. The van der Waals surface area contributed by atoms with Crippen molar-refractivity contribution in [2.75, 3.05) is 5.32 Å². The van der Waals surface area contributed by atoms with E-state index in [1.807, 2.05) is 18.2 Å². The molecule has 0 fully saturated rings. The third kappa shape index (κ3) is 2.47. The summed E-state index contributed by atoms with van der Waals surface area (Å²) in [5.41, 5.74) is 2.36. The first kappa shape index (κ1) is 13.6. The Bertz CT molecular complexity index is 793. The lowest BCUT2D eigenvalue weighted by Gasteiger charge is -2.08. The Morgan fingerprint density at radius 1 is 1.38 bits per heavy atom. The van der Waals surface area contributed by atoms with Gasteiger partial charge in [-0.05, 0) is 22.5 Å². The summed E-state index contributed by atoms with van der Waals surface area (Å²) in [6.07, 6.45) is 2.59. The summed E-state index contributed by atoms with van der Waals surface area (Å²) < 4.78 is 1.50. The van der Waals surface area contributed by atoms with Crippen molar-refractivity contribution in [1.82, 2.24) is 9.38 Å². The van der Waals surface area contributed by atoms with Gasteiger partial charge < -0.3 is 15.4 Å². The van der Waals surface area contributed by atoms with Crippen LogP contribution < -0.4 is 5.32 Å². The molecule has 0 radical (unpaired) electrons. The Kier molecular flexibility index (Phi) is 3.57. The molecule has 7 heteroatoms. The normalized spacial score (nSPS) is 10.9. The Morgan fingerprint density at radius 2 is 2.14 bits per heavy atom. The van der Waals surface area contributed by atoms with Crippen molar-refractivity contribution < 1.29 is 4.92 Å². The monoisotopic (exact) mass is 302 g/mol. The second-order valence-electron chi connectivity index (χ2n) is 4.57. The van der Waals surface area contributed by atoms with Crippen LogP contribution in [0.2, 0.25) is 0 Å². The van der Waals surface area contributed by atoms with Gasteiger partial charge in [-0.15, -0.1) is 0 Å². The molecule has 3 aromatic rings. The van der Waals surface area contributed by atoms with Crippen LogP contribution in [0.4, 0.5) is 11.6 Å². The van der Waals surface area contributed by atoms with E-state index in [-0.39, 0.29) is 5.82 Å². The molecule has 2 heterocycles. The first-order chi connectivity index (χ1) is 10.2. The Balaban J connectivity index is 1.90. The van der Waals surface area contributed by atoms with Gasteiger partial charge in [0.25, 0.3) is 4.96 Å². The van der Waals surface area contributed by atoms with E-state index in [1.54, 1.807) is 11.6 Å². The third-order valence-corrected chi connectivity index (χ3v) is 4.11. The van der Waals surface area contributed by atoms with Crippen LogP contribution in [-0.4, -0.2) is 14.3 Å². The Labute approximate surface area is 125 Å². The number of rotatable bonds is 5. The number of aryl methyl sites for hydroxylation is 1. The number of benzene rings is 1. The molecule has 0 aliphatic carbocycles. The van der Waals surface area contributed by atoms with Gasteiger partial charge in [-0.3, -0.25) is 0 Å². The fraction of sp³-hybridized carbons (Fsp3) is 0.214. The van der Waals surface area contributed by atoms with Crippen molar-refractivity contribution in [2.24, 2.45) is 0 Å². The highest BCUT2D eigenvalue weighted by Crippen LogP contribution is 2.28. The van der Waals surface area contributed by atoms with Crippen LogP contribution in [0, 0.1) is 10.1 Å². The van der Waals surface area contributed by atoms with Gasteiger partial charge in [-0.1, -0.05) is 42.5 Å². The Morgan fingerprint density at radius 3 is 2.86 bits per heavy atom. The van der Waals surface area contributed by atoms with Gasteiger partial charge in [0, 0.05) is 11.9 Å². The minimum atomic E-state index is -0.402. The van der Waals surface area contributed by atoms with Crippen molar-refractivity contribution in [1.29, 1.82) is 0 Å². The molecule has 0 unspecified atom stereocenters. The summed E-state index contributed by atoms with van der Waals surface area (Å²) in [5.74, 6) is 0.304. The highest BCUT2D eigenvalue weighted by atomic mass is 32.1. The molecule has 0 spiro atoms. The number of hydrogen-bond acceptors (Lipinski definition) is 5. The minimum Gasteiger partial charge on any atom is -0.359 e. The summed E-state index contributed by atoms with van der Waals surface area (Å²) in [6.45, 7) is 2.61. The second kappa shape index (κ2) is 5.53. The molecular weight excluding hydrogens is 288 g/mol. The maximum absolute atomic E-state index is 11.2. The van der Waals surface area contributed by atoms with E-state index in [0.29, 0.717) is 17.3 Å². The number of nitrogens with one attached hydrogen (secondary N) is 1. The van der Waals surface area contributed by atoms with E-state index in [2.05, 4.69) is 23.3 Å². The van der Waals surface area contributed by atoms with Gasteiger partial charge in [0.15, 0.2) is 0 Å². The van der Waals surface area contributed by atoms with Crippen LogP contribution in [0.15, 0.2) is 35.8 Å². The molecule has 0 aliphatic rings. The lowest BCUT2D eigenvalue weighted by Crippen LogP contribution is -2.05. The molecule has 21 heavy (non-hydrogen) atoms. The standard InChI is InChI=1S/C14H14N4O2S/c1-2-10-5-3-4-6-11(10)9-15-12-13(18(19)20)17-7-8-21-14(17)16-12/h3-8,15H,2,9H2,1H3. The van der Waals surface area contributed by atoms with Crippen LogP contribution >= 0.6 is 11.3 Å². The summed E-state index contributed by atoms with van der Waals surface area (Å²) in [7, 11) is 0. The molecule has 2 aromatic heterocycles. The first-order valence-electron chi connectivity index (χ1n) is 6.61. The van der Waals surface area contributed by atoms with Crippen molar-refractivity contribution in [3.8, 4) is 0 Å². The van der Waals surface area contributed by atoms with Gasteiger partial charge in [0.05, 0.1) is 0 Å². The maximum Gasteiger partial charge on any atom is 0.372 e. The molecule has 1 aromatic carbocycles. The smallest absolute Gasteiger partial charge is 0.359 e. The van der Waals surface area contributed by atoms with E-state index in [1.165, 1.54) is 21.3 Å². The zero-order valence-corrected chi connectivity index (χ0v) is 12.3. The van der Waals surface area contributed by atoms with Crippen molar-refractivity contribution in [3.63, 3.8) is 0 Å². The van der Waals surface area contributed by atoms with Gasteiger partial charge >= 0.3 is 5.82 Å². The molecule has 108 valence electrons. The van der Waals surface area contributed by atoms with E-state index >= 15 is 0 Å².